The minimum atomic E-state index is 0.413. The van der Waals surface area contributed by atoms with Gasteiger partial charge in [0.15, 0.2) is 5.65 Å². The molecule has 0 aliphatic carbocycles. The van der Waals surface area contributed by atoms with E-state index in [9.17, 15) is 0 Å². The second kappa shape index (κ2) is 3.10. The fraction of sp³-hybridized carbons (Fsp3) is 0.333. The average molecular weight is 240 g/mol. The molecule has 0 bridgehead atoms. The molecule has 0 fully saturated rings. The van der Waals surface area contributed by atoms with Crippen LogP contribution in [0.5, 0.6) is 0 Å². The SMILES string of the molecule is CC(C)c1nn2cccnc2c1Br. The highest BCUT2D eigenvalue weighted by Gasteiger charge is 2.13. The lowest BCUT2D eigenvalue weighted by molar-refractivity contribution is 0.783. The van der Waals surface area contributed by atoms with Crippen molar-refractivity contribution >= 4 is 21.6 Å². The van der Waals surface area contributed by atoms with E-state index in [0.29, 0.717) is 5.92 Å². The Bertz CT molecular complexity index is 433. The first-order valence-corrected chi connectivity index (χ1v) is 4.98. The Balaban J connectivity index is 2.74. The van der Waals surface area contributed by atoms with Crippen molar-refractivity contribution in [3.8, 4) is 0 Å². The molecule has 3 nitrogen and oxygen atoms in total. The van der Waals surface area contributed by atoms with Gasteiger partial charge < -0.3 is 0 Å². The van der Waals surface area contributed by atoms with E-state index in [4.69, 9.17) is 0 Å². The van der Waals surface area contributed by atoms with Gasteiger partial charge in [-0.2, -0.15) is 5.10 Å². The number of halogens is 1. The summed E-state index contributed by atoms with van der Waals surface area (Å²) in [6.45, 7) is 4.24. The third-order valence-electron chi connectivity index (χ3n) is 1.91. The molecule has 2 heterocycles. The van der Waals surface area contributed by atoms with Gasteiger partial charge in [-0.25, -0.2) is 9.50 Å². The summed E-state index contributed by atoms with van der Waals surface area (Å²) in [7, 11) is 0. The zero-order valence-electron chi connectivity index (χ0n) is 7.53. The minimum absolute atomic E-state index is 0.413. The second-order valence-corrected chi connectivity index (χ2v) is 4.03. The molecule has 0 saturated carbocycles. The van der Waals surface area contributed by atoms with Gasteiger partial charge in [0.2, 0.25) is 0 Å². The molecule has 2 aromatic rings. The van der Waals surface area contributed by atoms with Crippen LogP contribution in [-0.4, -0.2) is 14.6 Å². The molecule has 0 saturated heterocycles. The third kappa shape index (κ3) is 1.35. The molecule has 0 aromatic carbocycles. The van der Waals surface area contributed by atoms with Crippen LogP contribution in [0.4, 0.5) is 0 Å². The van der Waals surface area contributed by atoms with Crippen LogP contribution in [0.15, 0.2) is 22.9 Å². The molecule has 0 aliphatic rings. The molecule has 0 amide bonds. The van der Waals surface area contributed by atoms with E-state index in [1.54, 1.807) is 10.7 Å². The third-order valence-corrected chi connectivity index (χ3v) is 2.67. The average Bonchev–Trinajstić information content (AvgIpc) is 2.45. The van der Waals surface area contributed by atoms with E-state index >= 15 is 0 Å². The van der Waals surface area contributed by atoms with Crippen LogP contribution in [0.25, 0.3) is 5.65 Å². The van der Waals surface area contributed by atoms with Gasteiger partial charge in [0.1, 0.15) is 0 Å². The maximum atomic E-state index is 4.42. The Hall–Kier alpha value is -0.900. The number of hydrogen-bond acceptors (Lipinski definition) is 2. The van der Waals surface area contributed by atoms with E-state index in [1.165, 1.54) is 0 Å². The van der Waals surface area contributed by atoms with Gasteiger partial charge in [-0.3, -0.25) is 0 Å². The number of aromatic nitrogens is 3. The molecule has 68 valence electrons. The van der Waals surface area contributed by atoms with Crippen LogP contribution in [0.1, 0.15) is 25.5 Å². The quantitative estimate of drug-likeness (QED) is 0.766. The maximum absolute atomic E-state index is 4.42. The fourth-order valence-corrected chi connectivity index (χ4v) is 2.07. The summed E-state index contributed by atoms with van der Waals surface area (Å²) >= 11 is 3.51. The molecule has 4 heteroatoms. The number of hydrogen-bond donors (Lipinski definition) is 0. The Kier molecular flexibility index (Phi) is 2.07. The molecule has 0 unspecified atom stereocenters. The zero-order chi connectivity index (χ0) is 9.42. The van der Waals surface area contributed by atoms with Crippen LogP contribution in [-0.2, 0) is 0 Å². The first-order chi connectivity index (χ1) is 6.20. The van der Waals surface area contributed by atoms with Gasteiger partial charge in [-0.1, -0.05) is 13.8 Å². The molecule has 0 N–H and O–H groups in total. The van der Waals surface area contributed by atoms with Crippen LogP contribution in [0.3, 0.4) is 0 Å². The largest absolute Gasteiger partial charge is 0.236 e. The van der Waals surface area contributed by atoms with Gasteiger partial charge in [0.25, 0.3) is 0 Å². The Morgan fingerprint density at radius 2 is 2.23 bits per heavy atom. The van der Waals surface area contributed by atoms with Gasteiger partial charge >= 0.3 is 0 Å². The number of nitrogens with zero attached hydrogens (tertiary/aromatic N) is 3. The smallest absolute Gasteiger partial charge is 0.169 e. The van der Waals surface area contributed by atoms with E-state index < -0.39 is 0 Å². The summed E-state index contributed by atoms with van der Waals surface area (Å²) in [4.78, 5) is 4.24. The first-order valence-electron chi connectivity index (χ1n) is 4.19. The van der Waals surface area contributed by atoms with Gasteiger partial charge in [-0.15, -0.1) is 0 Å². The lowest BCUT2D eigenvalue weighted by Crippen LogP contribution is -1.90. The summed E-state index contributed by atoms with van der Waals surface area (Å²) in [5.74, 6) is 0.413. The van der Waals surface area contributed by atoms with Crippen molar-refractivity contribution in [1.82, 2.24) is 14.6 Å². The molecular formula is C9H10BrN3. The van der Waals surface area contributed by atoms with Gasteiger partial charge in [-0.05, 0) is 27.9 Å². The summed E-state index contributed by atoms with van der Waals surface area (Å²) in [5, 5.41) is 4.42. The summed E-state index contributed by atoms with van der Waals surface area (Å²) in [6, 6.07) is 1.87. The summed E-state index contributed by atoms with van der Waals surface area (Å²) < 4.78 is 2.79. The molecular weight excluding hydrogens is 230 g/mol. The maximum Gasteiger partial charge on any atom is 0.169 e. The Morgan fingerprint density at radius 3 is 2.85 bits per heavy atom. The number of fused-ring (bicyclic) bond motifs is 1. The standard InChI is InChI=1S/C9H10BrN3/c1-6(2)8-7(10)9-11-4-3-5-13(9)12-8/h3-6H,1-2H3. The van der Waals surface area contributed by atoms with Crippen molar-refractivity contribution < 1.29 is 0 Å². The highest BCUT2D eigenvalue weighted by molar-refractivity contribution is 9.10. The molecule has 2 aromatic heterocycles. The van der Waals surface area contributed by atoms with E-state index in [2.05, 4.69) is 39.9 Å². The zero-order valence-corrected chi connectivity index (χ0v) is 9.12. The van der Waals surface area contributed by atoms with Crippen molar-refractivity contribution in [1.29, 1.82) is 0 Å². The van der Waals surface area contributed by atoms with E-state index in [-0.39, 0.29) is 0 Å². The highest BCUT2D eigenvalue weighted by atomic mass is 79.9. The van der Waals surface area contributed by atoms with E-state index in [0.717, 1.165) is 15.8 Å². The Labute approximate surface area is 84.9 Å². The topological polar surface area (TPSA) is 30.2 Å². The van der Waals surface area contributed by atoms with Crippen LogP contribution < -0.4 is 0 Å². The van der Waals surface area contributed by atoms with Crippen LogP contribution in [0, 0.1) is 0 Å². The first kappa shape index (κ1) is 8.69. The second-order valence-electron chi connectivity index (χ2n) is 3.24. The van der Waals surface area contributed by atoms with Gasteiger partial charge in [0, 0.05) is 12.4 Å². The predicted molar refractivity (Wildman–Crippen MR) is 54.8 cm³/mol. The molecule has 0 radical (unpaired) electrons. The van der Waals surface area contributed by atoms with Gasteiger partial charge in [0.05, 0.1) is 10.2 Å². The van der Waals surface area contributed by atoms with Crippen molar-refractivity contribution in [3.05, 3.63) is 28.6 Å². The monoisotopic (exact) mass is 239 g/mol. The molecule has 0 spiro atoms. The number of rotatable bonds is 1. The fourth-order valence-electron chi connectivity index (χ4n) is 1.24. The molecule has 0 atom stereocenters. The molecule has 2 rings (SSSR count). The van der Waals surface area contributed by atoms with E-state index in [1.807, 2.05) is 12.3 Å². The lowest BCUT2D eigenvalue weighted by atomic mass is 10.1. The Morgan fingerprint density at radius 1 is 1.46 bits per heavy atom. The molecule has 13 heavy (non-hydrogen) atoms. The summed E-state index contributed by atoms with van der Waals surface area (Å²) in [5.41, 5.74) is 1.94. The van der Waals surface area contributed by atoms with Crippen molar-refractivity contribution in [2.75, 3.05) is 0 Å². The van der Waals surface area contributed by atoms with Crippen molar-refractivity contribution in [3.63, 3.8) is 0 Å². The minimum Gasteiger partial charge on any atom is -0.236 e. The highest BCUT2D eigenvalue weighted by Crippen LogP contribution is 2.26. The molecule has 0 aliphatic heterocycles. The van der Waals surface area contributed by atoms with Crippen LogP contribution in [0.2, 0.25) is 0 Å². The normalized spacial score (nSPS) is 11.4. The lowest BCUT2D eigenvalue weighted by Gasteiger charge is -1.97. The summed E-state index contributed by atoms with van der Waals surface area (Å²) in [6.07, 6.45) is 3.67. The van der Waals surface area contributed by atoms with Crippen molar-refractivity contribution in [2.24, 2.45) is 0 Å². The predicted octanol–water partition coefficient (Wildman–Crippen LogP) is 2.62. The van der Waals surface area contributed by atoms with Crippen LogP contribution >= 0.6 is 15.9 Å². The van der Waals surface area contributed by atoms with Crippen molar-refractivity contribution in [2.45, 2.75) is 19.8 Å².